The van der Waals surface area contributed by atoms with Gasteiger partial charge in [0.2, 0.25) is 5.13 Å². The fraction of sp³-hybridized carbons (Fsp3) is 0.385. The highest BCUT2D eigenvalue weighted by Crippen LogP contribution is 2.21. The summed E-state index contributed by atoms with van der Waals surface area (Å²) in [6.07, 6.45) is 1.06. The van der Waals surface area contributed by atoms with Crippen molar-refractivity contribution >= 4 is 16.5 Å². The number of benzene rings is 1. The van der Waals surface area contributed by atoms with Gasteiger partial charge in [0, 0.05) is 12.6 Å². The Morgan fingerprint density at radius 2 is 2.11 bits per heavy atom. The van der Waals surface area contributed by atoms with Gasteiger partial charge < -0.3 is 14.8 Å². The summed E-state index contributed by atoms with van der Waals surface area (Å²) in [7, 11) is 1.63. The molecule has 1 N–H and O–H groups in total. The van der Waals surface area contributed by atoms with Crippen molar-refractivity contribution in [2.24, 2.45) is 0 Å². The van der Waals surface area contributed by atoms with Crippen molar-refractivity contribution in [3.63, 3.8) is 0 Å². The number of rotatable bonds is 7. The fourth-order valence-corrected chi connectivity index (χ4v) is 2.13. The first-order valence-electron chi connectivity index (χ1n) is 6.15. The van der Waals surface area contributed by atoms with Gasteiger partial charge in [-0.3, -0.25) is 0 Å². The maximum Gasteiger partial charge on any atom is 0.205 e. The van der Waals surface area contributed by atoms with E-state index in [9.17, 15) is 0 Å². The third kappa shape index (κ3) is 4.10. The van der Waals surface area contributed by atoms with E-state index in [0.717, 1.165) is 34.6 Å². The van der Waals surface area contributed by atoms with Gasteiger partial charge in [-0.15, -0.1) is 10.2 Å². The average molecular weight is 279 g/mol. The number of hydrogen-bond donors (Lipinski definition) is 1. The summed E-state index contributed by atoms with van der Waals surface area (Å²) in [5.74, 6) is 1.54. The van der Waals surface area contributed by atoms with E-state index in [-0.39, 0.29) is 0 Å². The first-order valence-corrected chi connectivity index (χ1v) is 6.96. The summed E-state index contributed by atoms with van der Waals surface area (Å²) in [6.45, 7) is 3.44. The minimum atomic E-state index is 0.415. The van der Waals surface area contributed by atoms with Crippen LogP contribution in [0.5, 0.6) is 11.5 Å². The topological polar surface area (TPSA) is 56.3 Å². The zero-order valence-electron chi connectivity index (χ0n) is 11.0. The molecule has 0 amide bonds. The third-order valence-corrected chi connectivity index (χ3v) is 3.25. The molecule has 0 aliphatic carbocycles. The molecule has 2 rings (SSSR count). The van der Waals surface area contributed by atoms with Gasteiger partial charge in [-0.1, -0.05) is 24.3 Å². The third-order valence-electron chi connectivity index (χ3n) is 2.40. The Bertz CT molecular complexity index is 516. The van der Waals surface area contributed by atoms with Crippen molar-refractivity contribution < 1.29 is 9.47 Å². The molecule has 0 aliphatic rings. The van der Waals surface area contributed by atoms with E-state index < -0.39 is 0 Å². The molecule has 0 unspecified atom stereocenters. The average Bonchev–Trinajstić information content (AvgIpc) is 2.91. The lowest BCUT2D eigenvalue weighted by Crippen LogP contribution is -1.98. The van der Waals surface area contributed by atoms with Gasteiger partial charge >= 0.3 is 0 Å². The molecule has 2 aromatic rings. The van der Waals surface area contributed by atoms with Crippen LogP contribution >= 0.6 is 11.3 Å². The maximum atomic E-state index is 5.65. The smallest absolute Gasteiger partial charge is 0.205 e. The van der Waals surface area contributed by atoms with Crippen LogP contribution in [-0.2, 0) is 6.61 Å². The lowest BCUT2D eigenvalue weighted by molar-refractivity contribution is 0.302. The highest BCUT2D eigenvalue weighted by molar-refractivity contribution is 7.15. The van der Waals surface area contributed by atoms with Gasteiger partial charge in [-0.25, -0.2) is 0 Å². The first-order chi connectivity index (χ1) is 9.31. The Balaban J connectivity index is 1.89. The molecule has 0 aliphatic heterocycles. The van der Waals surface area contributed by atoms with Crippen molar-refractivity contribution in [3.05, 3.63) is 29.3 Å². The van der Waals surface area contributed by atoms with Crippen molar-refractivity contribution in [2.45, 2.75) is 20.0 Å². The van der Waals surface area contributed by atoms with Crippen LogP contribution in [0.3, 0.4) is 0 Å². The van der Waals surface area contributed by atoms with Crippen LogP contribution in [0.4, 0.5) is 5.13 Å². The van der Waals surface area contributed by atoms with Crippen LogP contribution < -0.4 is 14.8 Å². The van der Waals surface area contributed by atoms with Crippen LogP contribution in [0.1, 0.15) is 18.4 Å². The summed E-state index contributed by atoms with van der Waals surface area (Å²) in [6, 6.07) is 7.50. The largest absolute Gasteiger partial charge is 0.497 e. The second-order valence-corrected chi connectivity index (χ2v) is 4.96. The molecule has 0 saturated carbocycles. The first kappa shape index (κ1) is 13.6. The van der Waals surface area contributed by atoms with E-state index in [1.807, 2.05) is 24.3 Å². The molecule has 1 aromatic heterocycles. The highest BCUT2D eigenvalue weighted by atomic mass is 32.1. The fourth-order valence-electron chi connectivity index (χ4n) is 1.45. The van der Waals surface area contributed by atoms with Crippen molar-refractivity contribution in [3.8, 4) is 11.5 Å². The Morgan fingerprint density at radius 1 is 1.26 bits per heavy atom. The van der Waals surface area contributed by atoms with E-state index in [1.54, 1.807) is 7.11 Å². The summed E-state index contributed by atoms with van der Waals surface area (Å²) in [5, 5.41) is 13.0. The summed E-state index contributed by atoms with van der Waals surface area (Å²) in [5.41, 5.74) is 0. The monoisotopic (exact) mass is 279 g/mol. The van der Waals surface area contributed by atoms with E-state index in [0.29, 0.717) is 6.61 Å². The van der Waals surface area contributed by atoms with Gasteiger partial charge in [0.05, 0.1) is 7.11 Å². The van der Waals surface area contributed by atoms with Crippen molar-refractivity contribution in [1.82, 2.24) is 10.2 Å². The second-order valence-electron chi connectivity index (χ2n) is 3.90. The van der Waals surface area contributed by atoms with E-state index in [1.165, 1.54) is 11.3 Å². The van der Waals surface area contributed by atoms with Crippen LogP contribution in [0.25, 0.3) is 0 Å². The number of aromatic nitrogens is 2. The summed E-state index contributed by atoms with van der Waals surface area (Å²) < 4.78 is 10.8. The molecule has 0 spiro atoms. The molecule has 0 radical (unpaired) electrons. The van der Waals surface area contributed by atoms with Crippen molar-refractivity contribution in [1.29, 1.82) is 0 Å². The molecule has 102 valence electrons. The maximum absolute atomic E-state index is 5.65. The second kappa shape index (κ2) is 6.94. The van der Waals surface area contributed by atoms with Crippen molar-refractivity contribution in [2.75, 3.05) is 19.0 Å². The summed E-state index contributed by atoms with van der Waals surface area (Å²) in [4.78, 5) is 0. The molecule has 0 saturated heterocycles. The molecular weight excluding hydrogens is 262 g/mol. The zero-order chi connectivity index (χ0) is 13.5. The van der Waals surface area contributed by atoms with Gasteiger partial charge in [-0.05, 0) is 18.6 Å². The molecule has 0 fully saturated rings. The van der Waals surface area contributed by atoms with Crippen LogP contribution in [0, 0.1) is 0 Å². The van der Waals surface area contributed by atoms with Crippen LogP contribution in [-0.4, -0.2) is 23.9 Å². The quantitative estimate of drug-likeness (QED) is 0.844. The Hall–Kier alpha value is -1.82. The SMILES string of the molecule is CCCNc1nnc(COc2cccc(OC)c2)s1. The number of ether oxygens (including phenoxy) is 2. The van der Waals surface area contributed by atoms with E-state index in [4.69, 9.17) is 9.47 Å². The lowest BCUT2D eigenvalue weighted by atomic mass is 10.3. The van der Waals surface area contributed by atoms with Crippen LogP contribution in [0.15, 0.2) is 24.3 Å². The highest BCUT2D eigenvalue weighted by Gasteiger charge is 2.04. The molecule has 1 heterocycles. The minimum Gasteiger partial charge on any atom is -0.497 e. The predicted molar refractivity (Wildman–Crippen MR) is 76.0 cm³/mol. The Kier molecular flexibility index (Phi) is 4.97. The minimum absolute atomic E-state index is 0.415. The molecule has 0 atom stereocenters. The van der Waals surface area contributed by atoms with Gasteiger partial charge in [-0.2, -0.15) is 0 Å². The molecule has 19 heavy (non-hydrogen) atoms. The molecule has 0 bridgehead atoms. The Morgan fingerprint density at radius 3 is 2.89 bits per heavy atom. The number of hydrogen-bond acceptors (Lipinski definition) is 6. The van der Waals surface area contributed by atoms with Gasteiger partial charge in [0.15, 0.2) is 5.01 Å². The number of nitrogens with one attached hydrogen (secondary N) is 1. The van der Waals surface area contributed by atoms with E-state index >= 15 is 0 Å². The predicted octanol–water partition coefficient (Wildman–Crippen LogP) is 2.95. The molecular formula is C13H17N3O2S. The standard InChI is InChI=1S/C13H17N3O2S/c1-3-7-14-13-16-15-12(19-13)9-18-11-6-4-5-10(8-11)17-2/h4-6,8H,3,7,9H2,1-2H3,(H,14,16). The number of methoxy groups -OCH3 is 1. The molecule has 5 nitrogen and oxygen atoms in total. The zero-order valence-corrected chi connectivity index (χ0v) is 11.9. The molecule has 1 aromatic carbocycles. The van der Waals surface area contributed by atoms with E-state index in [2.05, 4.69) is 22.4 Å². The molecule has 6 heteroatoms. The lowest BCUT2D eigenvalue weighted by Gasteiger charge is -2.05. The van der Waals surface area contributed by atoms with Gasteiger partial charge in [0.1, 0.15) is 18.1 Å². The van der Waals surface area contributed by atoms with Gasteiger partial charge in [0.25, 0.3) is 0 Å². The Labute approximate surface area is 116 Å². The van der Waals surface area contributed by atoms with Crippen LogP contribution in [0.2, 0.25) is 0 Å². The number of anilines is 1. The normalized spacial score (nSPS) is 10.2. The summed E-state index contributed by atoms with van der Waals surface area (Å²) >= 11 is 1.51. The number of nitrogens with zero attached hydrogens (tertiary/aromatic N) is 2.